The molecule has 1 aliphatic heterocycles. The summed E-state index contributed by atoms with van der Waals surface area (Å²) < 4.78 is 0. The first-order valence-electron chi connectivity index (χ1n) is 7.68. The summed E-state index contributed by atoms with van der Waals surface area (Å²) in [5.74, 6) is -0.00503. The normalized spacial score (nSPS) is 17.9. The van der Waals surface area contributed by atoms with Crippen LogP contribution in [0.4, 0.5) is 0 Å². The minimum Gasteiger partial charge on any atom is -0.334 e. The second kappa shape index (κ2) is 6.60. The number of piperazine rings is 1. The monoisotopic (exact) mass is 309 g/mol. The van der Waals surface area contributed by atoms with Crippen LogP contribution in [0.2, 0.25) is 0 Å². The van der Waals surface area contributed by atoms with Gasteiger partial charge >= 0.3 is 0 Å². The number of benzene rings is 1. The summed E-state index contributed by atoms with van der Waals surface area (Å²) in [4.78, 5) is 32.2. The molecule has 1 saturated heterocycles. The van der Waals surface area contributed by atoms with Crippen molar-refractivity contribution in [2.45, 2.75) is 13.0 Å². The molecule has 0 radical (unpaired) electrons. The van der Waals surface area contributed by atoms with Crippen LogP contribution in [0.5, 0.6) is 0 Å². The molecule has 1 atom stereocenters. The minimum atomic E-state index is -0.108. The molecule has 5 nitrogen and oxygen atoms in total. The standard InChI is InChI=1S/C18H19N3O2/c1-14(22)21-11-10-20(18(23)16-8-5-9-19-12-16)13-17(21)15-6-3-2-4-7-15/h2-9,12,17H,10-11,13H2,1H3/t17-/m0/s1. The second-order valence-corrected chi connectivity index (χ2v) is 5.63. The molecule has 3 rings (SSSR count). The minimum absolute atomic E-state index is 0.0346. The van der Waals surface area contributed by atoms with Gasteiger partial charge < -0.3 is 9.80 Å². The maximum atomic E-state index is 12.6. The molecular formula is C18H19N3O2. The van der Waals surface area contributed by atoms with E-state index in [1.165, 1.54) is 0 Å². The zero-order chi connectivity index (χ0) is 16.2. The molecule has 2 heterocycles. The van der Waals surface area contributed by atoms with Gasteiger partial charge in [0.05, 0.1) is 11.6 Å². The van der Waals surface area contributed by atoms with E-state index in [9.17, 15) is 9.59 Å². The summed E-state index contributed by atoms with van der Waals surface area (Å²) in [6.07, 6.45) is 3.23. The molecule has 1 fully saturated rings. The van der Waals surface area contributed by atoms with Crippen LogP contribution in [0.3, 0.4) is 0 Å². The molecule has 0 saturated carbocycles. The molecule has 2 aromatic rings. The number of carbonyl (C=O) groups is 2. The third-order valence-corrected chi connectivity index (χ3v) is 4.16. The van der Waals surface area contributed by atoms with Crippen LogP contribution in [-0.4, -0.2) is 46.2 Å². The number of nitrogens with zero attached hydrogens (tertiary/aromatic N) is 3. The fourth-order valence-electron chi connectivity index (χ4n) is 2.98. The lowest BCUT2D eigenvalue weighted by atomic mass is 10.0. The zero-order valence-electron chi connectivity index (χ0n) is 13.1. The number of aromatic nitrogens is 1. The van der Waals surface area contributed by atoms with Gasteiger partial charge in [0.25, 0.3) is 5.91 Å². The van der Waals surface area contributed by atoms with E-state index >= 15 is 0 Å². The Kier molecular flexibility index (Phi) is 4.37. The Hall–Kier alpha value is -2.69. The zero-order valence-corrected chi connectivity index (χ0v) is 13.1. The first-order chi connectivity index (χ1) is 11.2. The van der Waals surface area contributed by atoms with Crippen LogP contribution in [0.25, 0.3) is 0 Å². The van der Waals surface area contributed by atoms with Crippen molar-refractivity contribution >= 4 is 11.8 Å². The number of carbonyl (C=O) groups excluding carboxylic acids is 2. The Morgan fingerprint density at radius 1 is 1.09 bits per heavy atom. The van der Waals surface area contributed by atoms with Gasteiger partial charge in [-0.15, -0.1) is 0 Å². The van der Waals surface area contributed by atoms with Crippen molar-refractivity contribution in [2.75, 3.05) is 19.6 Å². The van der Waals surface area contributed by atoms with Crippen molar-refractivity contribution in [2.24, 2.45) is 0 Å². The molecule has 23 heavy (non-hydrogen) atoms. The summed E-state index contributed by atoms with van der Waals surface area (Å²) in [6.45, 7) is 3.16. The topological polar surface area (TPSA) is 53.5 Å². The maximum Gasteiger partial charge on any atom is 0.255 e. The molecule has 5 heteroatoms. The van der Waals surface area contributed by atoms with E-state index < -0.39 is 0 Å². The summed E-state index contributed by atoms with van der Waals surface area (Å²) in [5.41, 5.74) is 1.63. The predicted molar refractivity (Wildman–Crippen MR) is 86.7 cm³/mol. The van der Waals surface area contributed by atoms with Crippen molar-refractivity contribution in [3.63, 3.8) is 0 Å². The quantitative estimate of drug-likeness (QED) is 0.854. The Labute approximate surface area is 135 Å². The number of amides is 2. The van der Waals surface area contributed by atoms with Crippen molar-refractivity contribution in [3.8, 4) is 0 Å². The SMILES string of the molecule is CC(=O)N1CCN(C(=O)c2cccnc2)C[C@H]1c1ccccc1. The first kappa shape index (κ1) is 15.2. The van der Waals surface area contributed by atoms with Gasteiger partial charge in [0, 0.05) is 39.0 Å². The molecule has 0 spiro atoms. The third-order valence-electron chi connectivity index (χ3n) is 4.16. The third kappa shape index (κ3) is 3.23. The van der Waals surface area contributed by atoms with Crippen molar-refractivity contribution < 1.29 is 9.59 Å². The first-order valence-corrected chi connectivity index (χ1v) is 7.68. The van der Waals surface area contributed by atoms with E-state index in [4.69, 9.17) is 0 Å². The van der Waals surface area contributed by atoms with Crippen LogP contribution >= 0.6 is 0 Å². The second-order valence-electron chi connectivity index (χ2n) is 5.63. The van der Waals surface area contributed by atoms with Gasteiger partial charge in [-0.2, -0.15) is 0 Å². The maximum absolute atomic E-state index is 12.6. The molecule has 1 aromatic carbocycles. The Balaban J connectivity index is 1.84. The van der Waals surface area contributed by atoms with E-state index in [-0.39, 0.29) is 17.9 Å². The van der Waals surface area contributed by atoms with Gasteiger partial charge in [0.1, 0.15) is 0 Å². The van der Waals surface area contributed by atoms with Gasteiger partial charge in [-0.3, -0.25) is 14.6 Å². The van der Waals surface area contributed by atoms with E-state index in [1.54, 1.807) is 36.4 Å². The lowest BCUT2D eigenvalue weighted by molar-refractivity contribution is -0.133. The highest BCUT2D eigenvalue weighted by atomic mass is 16.2. The van der Waals surface area contributed by atoms with E-state index in [1.807, 2.05) is 35.2 Å². The molecule has 2 amide bonds. The van der Waals surface area contributed by atoms with Gasteiger partial charge in [0.2, 0.25) is 5.91 Å². The van der Waals surface area contributed by atoms with Gasteiger partial charge in [-0.25, -0.2) is 0 Å². The van der Waals surface area contributed by atoms with Crippen LogP contribution in [0.15, 0.2) is 54.9 Å². The van der Waals surface area contributed by atoms with Crippen molar-refractivity contribution in [3.05, 3.63) is 66.0 Å². The van der Waals surface area contributed by atoms with Crippen LogP contribution in [0, 0.1) is 0 Å². The largest absolute Gasteiger partial charge is 0.334 e. The molecule has 118 valence electrons. The Morgan fingerprint density at radius 3 is 2.52 bits per heavy atom. The summed E-state index contributed by atoms with van der Waals surface area (Å²) >= 11 is 0. The van der Waals surface area contributed by atoms with Gasteiger partial charge in [-0.05, 0) is 17.7 Å². The summed E-state index contributed by atoms with van der Waals surface area (Å²) in [7, 11) is 0. The average Bonchev–Trinajstić information content (AvgIpc) is 2.62. The van der Waals surface area contributed by atoms with Gasteiger partial charge in [0.15, 0.2) is 0 Å². The fourth-order valence-corrected chi connectivity index (χ4v) is 2.98. The molecule has 1 aromatic heterocycles. The van der Waals surface area contributed by atoms with Crippen LogP contribution < -0.4 is 0 Å². The number of hydrogen-bond donors (Lipinski definition) is 0. The van der Waals surface area contributed by atoms with E-state index in [0.29, 0.717) is 25.2 Å². The molecular weight excluding hydrogens is 290 g/mol. The van der Waals surface area contributed by atoms with Crippen molar-refractivity contribution in [1.29, 1.82) is 0 Å². The predicted octanol–water partition coefficient (Wildman–Crippen LogP) is 2.13. The lowest BCUT2D eigenvalue weighted by Gasteiger charge is -2.41. The van der Waals surface area contributed by atoms with E-state index in [0.717, 1.165) is 5.56 Å². The Bertz CT molecular complexity index is 688. The highest BCUT2D eigenvalue weighted by Crippen LogP contribution is 2.26. The smallest absolute Gasteiger partial charge is 0.255 e. The Morgan fingerprint density at radius 2 is 1.87 bits per heavy atom. The number of pyridine rings is 1. The highest BCUT2D eigenvalue weighted by molar-refractivity contribution is 5.94. The molecule has 0 aliphatic carbocycles. The summed E-state index contributed by atoms with van der Waals surface area (Å²) in [5, 5.41) is 0. The average molecular weight is 309 g/mol. The fraction of sp³-hybridized carbons (Fsp3) is 0.278. The molecule has 0 N–H and O–H groups in total. The molecule has 0 unspecified atom stereocenters. The van der Waals surface area contributed by atoms with Crippen molar-refractivity contribution in [1.82, 2.24) is 14.8 Å². The van der Waals surface area contributed by atoms with Gasteiger partial charge in [-0.1, -0.05) is 30.3 Å². The molecule has 0 bridgehead atoms. The highest BCUT2D eigenvalue weighted by Gasteiger charge is 2.32. The van der Waals surface area contributed by atoms with Crippen LogP contribution in [0.1, 0.15) is 28.9 Å². The lowest BCUT2D eigenvalue weighted by Crippen LogP contribution is -2.51. The summed E-state index contributed by atoms with van der Waals surface area (Å²) in [6, 6.07) is 13.3. The number of rotatable bonds is 2. The molecule has 1 aliphatic rings. The van der Waals surface area contributed by atoms with E-state index in [2.05, 4.69) is 4.98 Å². The number of hydrogen-bond acceptors (Lipinski definition) is 3. The van der Waals surface area contributed by atoms with Crippen LogP contribution in [-0.2, 0) is 4.79 Å².